The molecule has 0 bridgehead atoms. The Labute approximate surface area is 147 Å². The second-order valence-electron chi connectivity index (χ2n) is 6.09. The molecule has 0 aliphatic carbocycles. The van der Waals surface area contributed by atoms with Crippen LogP contribution in [0.15, 0.2) is 42.6 Å². The molecule has 2 rings (SSSR count). The van der Waals surface area contributed by atoms with E-state index in [-0.39, 0.29) is 17.7 Å². The van der Waals surface area contributed by atoms with Crippen LogP contribution in [0.3, 0.4) is 0 Å². The summed E-state index contributed by atoms with van der Waals surface area (Å²) < 4.78 is 4.99. The minimum Gasteiger partial charge on any atom is -0.481 e. The van der Waals surface area contributed by atoms with Crippen molar-refractivity contribution in [1.29, 1.82) is 0 Å². The SMILES string of the molecule is COc1ccc(NC(=O)C(NC(=O)c2ccccc2C)C(C)C)cn1. The van der Waals surface area contributed by atoms with Crippen LogP contribution in [0.2, 0.25) is 0 Å². The number of hydrogen-bond acceptors (Lipinski definition) is 4. The number of benzene rings is 1. The number of aromatic nitrogens is 1. The molecule has 1 heterocycles. The number of rotatable bonds is 6. The van der Waals surface area contributed by atoms with Crippen LogP contribution < -0.4 is 15.4 Å². The van der Waals surface area contributed by atoms with E-state index in [2.05, 4.69) is 15.6 Å². The number of aryl methyl sites for hydroxylation is 1. The average molecular weight is 341 g/mol. The highest BCUT2D eigenvalue weighted by Crippen LogP contribution is 2.14. The molecule has 132 valence electrons. The monoisotopic (exact) mass is 341 g/mol. The molecule has 1 atom stereocenters. The number of anilines is 1. The first-order chi connectivity index (χ1) is 11.9. The zero-order valence-corrected chi connectivity index (χ0v) is 14.9. The highest BCUT2D eigenvalue weighted by Gasteiger charge is 2.25. The van der Waals surface area contributed by atoms with E-state index in [9.17, 15) is 9.59 Å². The van der Waals surface area contributed by atoms with Crippen LogP contribution in [0.25, 0.3) is 0 Å². The summed E-state index contributed by atoms with van der Waals surface area (Å²) in [4.78, 5) is 29.1. The predicted octanol–water partition coefficient (Wildman–Crippen LogP) is 2.79. The van der Waals surface area contributed by atoms with Gasteiger partial charge in [0.1, 0.15) is 6.04 Å². The fraction of sp³-hybridized carbons (Fsp3) is 0.316. The quantitative estimate of drug-likeness (QED) is 0.847. The fourth-order valence-electron chi connectivity index (χ4n) is 2.38. The number of amides is 2. The Kier molecular flexibility index (Phi) is 6.11. The number of hydrogen-bond donors (Lipinski definition) is 2. The number of nitrogens with one attached hydrogen (secondary N) is 2. The van der Waals surface area contributed by atoms with Gasteiger partial charge in [-0.1, -0.05) is 32.0 Å². The molecule has 25 heavy (non-hydrogen) atoms. The fourth-order valence-corrected chi connectivity index (χ4v) is 2.38. The van der Waals surface area contributed by atoms with Crippen molar-refractivity contribution in [2.75, 3.05) is 12.4 Å². The number of nitrogens with zero attached hydrogens (tertiary/aromatic N) is 1. The summed E-state index contributed by atoms with van der Waals surface area (Å²) in [6, 6.07) is 9.98. The summed E-state index contributed by atoms with van der Waals surface area (Å²) in [6.07, 6.45) is 1.51. The molecular weight excluding hydrogens is 318 g/mol. The van der Waals surface area contributed by atoms with Gasteiger partial charge in [0.15, 0.2) is 0 Å². The van der Waals surface area contributed by atoms with Gasteiger partial charge in [-0.15, -0.1) is 0 Å². The van der Waals surface area contributed by atoms with E-state index in [0.29, 0.717) is 17.1 Å². The summed E-state index contributed by atoms with van der Waals surface area (Å²) in [5.41, 5.74) is 1.97. The van der Waals surface area contributed by atoms with E-state index < -0.39 is 6.04 Å². The van der Waals surface area contributed by atoms with E-state index in [1.165, 1.54) is 13.3 Å². The predicted molar refractivity (Wildman–Crippen MR) is 96.7 cm³/mol. The third-order valence-corrected chi connectivity index (χ3v) is 3.84. The molecule has 0 saturated heterocycles. The molecule has 0 fully saturated rings. The Morgan fingerprint density at radius 1 is 1.12 bits per heavy atom. The number of ether oxygens (including phenoxy) is 1. The molecular formula is C19H23N3O3. The standard InChI is InChI=1S/C19H23N3O3/c1-12(2)17(22-18(23)15-8-6-5-7-13(15)3)19(24)21-14-9-10-16(25-4)20-11-14/h5-12,17H,1-4H3,(H,21,24)(H,22,23). The Bertz CT molecular complexity index is 742. The van der Waals surface area contributed by atoms with Crippen LogP contribution in [0.5, 0.6) is 5.88 Å². The van der Waals surface area contributed by atoms with Gasteiger partial charge in [-0.2, -0.15) is 0 Å². The van der Waals surface area contributed by atoms with Gasteiger partial charge >= 0.3 is 0 Å². The highest BCUT2D eigenvalue weighted by molar-refractivity contribution is 6.01. The molecule has 6 nitrogen and oxygen atoms in total. The zero-order valence-electron chi connectivity index (χ0n) is 14.9. The Morgan fingerprint density at radius 2 is 1.84 bits per heavy atom. The minimum atomic E-state index is -0.658. The molecule has 2 N–H and O–H groups in total. The van der Waals surface area contributed by atoms with Crippen molar-refractivity contribution in [3.8, 4) is 5.88 Å². The molecule has 6 heteroatoms. The summed E-state index contributed by atoms with van der Waals surface area (Å²) in [7, 11) is 1.52. The first kappa shape index (κ1) is 18.4. The van der Waals surface area contributed by atoms with Gasteiger partial charge in [-0.25, -0.2) is 4.98 Å². The lowest BCUT2D eigenvalue weighted by atomic mass is 10.0. The zero-order chi connectivity index (χ0) is 18.4. The summed E-state index contributed by atoms with van der Waals surface area (Å²) in [5.74, 6) is -0.158. The lowest BCUT2D eigenvalue weighted by molar-refractivity contribution is -0.118. The van der Waals surface area contributed by atoms with Gasteiger partial charge in [0.05, 0.1) is 19.0 Å². The van der Waals surface area contributed by atoms with Gasteiger partial charge in [0.2, 0.25) is 11.8 Å². The van der Waals surface area contributed by atoms with Gasteiger partial charge in [-0.05, 0) is 30.5 Å². The number of pyridine rings is 1. The normalized spacial score (nSPS) is 11.7. The summed E-state index contributed by atoms with van der Waals surface area (Å²) in [6.45, 7) is 5.63. The average Bonchev–Trinajstić information content (AvgIpc) is 2.60. The van der Waals surface area contributed by atoms with Crippen LogP contribution in [0.1, 0.15) is 29.8 Å². The lowest BCUT2D eigenvalue weighted by Gasteiger charge is -2.22. The first-order valence-electron chi connectivity index (χ1n) is 8.09. The highest BCUT2D eigenvalue weighted by atomic mass is 16.5. The van der Waals surface area contributed by atoms with Gasteiger partial charge in [0, 0.05) is 11.6 Å². The Balaban J connectivity index is 2.10. The van der Waals surface area contributed by atoms with E-state index in [0.717, 1.165) is 5.56 Å². The van der Waals surface area contributed by atoms with Crippen molar-refractivity contribution in [1.82, 2.24) is 10.3 Å². The van der Waals surface area contributed by atoms with Crippen molar-refractivity contribution in [3.05, 3.63) is 53.7 Å². The van der Waals surface area contributed by atoms with Crippen LogP contribution in [0.4, 0.5) is 5.69 Å². The summed E-state index contributed by atoms with van der Waals surface area (Å²) in [5, 5.41) is 5.59. The van der Waals surface area contributed by atoms with E-state index >= 15 is 0 Å². The number of carbonyl (C=O) groups is 2. The molecule has 0 radical (unpaired) electrons. The molecule has 0 aliphatic heterocycles. The second-order valence-corrected chi connectivity index (χ2v) is 6.09. The maximum atomic E-state index is 12.6. The largest absolute Gasteiger partial charge is 0.481 e. The molecule has 0 aliphatic rings. The first-order valence-corrected chi connectivity index (χ1v) is 8.09. The molecule has 1 aromatic heterocycles. The molecule has 0 saturated carbocycles. The van der Waals surface area contributed by atoms with Crippen molar-refractivity contribution >= 4 is 17.5 Å². The van der Waals surface area contributed by atoms with Crippen LogP contribution in [-0.2, 0) is 4.79 Å². The second kappa shape index (κ2) is 8.28. The van der Waals surface area contributed by atoms with Crippen molar-refractivity contribution in [2.24, 2.45) is 5.92 Å². The van der Waals surface area contributed by atoms with Crippen LogP contribution in [-0.4, -0.2) is 29.9 Å². The lowest BCUT2D eigenvalue weighted by Crippen LogP contribution is -2.47. The third kappa shape index (κ3) is 4.79. The molecule has 2 aromatic rings. The number of methoxy groups -OCH3 is 1. The minimum absolute atomic E-state index is 0.0702. The van der Waals surface area contributed by atoms with E-state index in [1.54, 1.807) is 24.3 Å². The topological polar surface area (TPSA) is 80.3 Å². The maximum Gasteiger partial charge on any atom is 0.252 e. The summed E-state index contributed by atoms with van der Waals surface area (Å²) >= 11 is 0. The van der Waals surface area contributed by atoms with Crippen LogP contribution in [0, 0.1) is 12.8 Å². The van der Waals surface area contributed by atoms with E-state index in [1.807, 2.05) is 32.9 Å². The maximum absolute atomic E-state index is 12.6. The van der Waals surface area contributed by atoms with Crippen LogP contribution >= 0.6 is 0 Å². The third-order valence-electron chi connectivity index (χ3n) is 3.84. The van der Waals surface area contributed by atoms with Gasteiger partial charge in [0.25, 0.3) is 5.91 Å². The Hall–Kier alpha value is -2.89. The van der Waals surface area contributed by atoms with Gasteiger partial charge < -0.3 is 15.4 Å². The van der Waals surface area contributed by atoms with E-state index in [4.69, 9.17) is 4.74 Å². The molecule has 0 spiro atoms. The molecule has 2 amide bonds. The van der Waals surface area contributed by atoms with Crippen molar-refractivity contribution in [3.63, 3.8) is 0 Å². The Morgan fingerprint density at radius 3 is 2.40 bits per heavy atom. The van der Waals surface area contributed by atoms with Crippen molar-refractivity contribution < 1.29 is 14.3 Å². The van der Waals surface area contributed by atoms with Crippen molar-refractivity contribution in [2.45, 2.75) is 26.8 Å². The molecule has 1 aromatic carbocycles. The molecule has 1 unspecified atom stereocenters. The number of carbonyl (C=O) groups excluding carboxylic acids is 2. The smallest absolute Gasteiger partial charge is 0.252 e. The van der Waals surface area contributed by atoms with Gasteiger partial charge in [-0.3, -0.25) is 9.59 Å².